The van der Waals surface area contributed by atoms with Crippen LogP contribution in [0.25, 0.3) is 0 Å². The van der Waals surface area contributed by atoms with Crippen LogP contribution in [0.15, 0.2) is 0 Å². The Morgan fingerprint density at radius 1 is 1.25 bits per heavy atom. The second kappa shape index (κ2) is 3.00. The average Bonchev–Trinajstić information content (AvgIpc) is 1.83. The van der Waals surface area contributed by atoms with Gasteiger partial charge < -0.3 is 11.5 Å². The molecule has 0 spiro atoms. The Kier molecular flexibility index (Phi) is 2.50. The Morgan fingerprint density at radius 3 is 2.00 bits per heavy atom. The van der Waals surface area contributed by atoms with E-state index in [4.69, 9.17) is 11.5 Å². The average molecular weight is 170 g/mol. The first kappa shape index (κ1) is 10.0. The van der Waals surface area contributed by atoms with E-state index in [1.807, 2.05) is 0 Å². The molecule has 2 heteroatoms. The van der Waals surface area contributed by atoms with Gasteiger partial charge >= 0.3 is 0 Å². The zero-order valence-electron chi connectivity index (χ0n) is 8.56. The number of hydrogen-bond acceptors (Lipinski definition) is 2. The molecule has 0 heterocycles. The Hall–Kier alpha value is -0.0800. The molecule has 1 saturated carbocycles. The Bertz CT molecular complexity index is 146. The first-order valence-electron chi connectivity index (χ1n) is 4.89. The van der Waals surface area contributed by atoms with Gasteiger partial charge in [0.25, 0.3) is 0 Å². The normalized spacial score (nSPS) is 38.2. The third-order valence-electron chi connectivity index (χ3n) is 3.18. The van der Waals surface area contributed by atoms with Crippen molar-refractivity contribution >= 4 is 0 Å². The van der Waals surface area contributed by atoms with Gasteiger partial charge in [0.05, 0.1) is 0 Å². The highest BCUT2D eigenvalue weighted by Crippen LogP contribution is 2.34. The van der Waals surface area contributed by atoms with Crippen molar-refractivity contribution in [2.45, 2.75) is 57.5 Å². The van der Waals surface area contributed by atoms with Crippen LogP contribution in [-0.4, -0.2) is 11.1 Å². The molecule has 1 fully saturated rings. The maximum atomic E-state index is 6.06. The van der Waals surface area contributed by atoms with Crippen molar-refractivity contribution in [2.24, 2.45) is 17.4 Å². The molecule has 4 N–H and O–H groups in total. The molecule has 1 aliphatic carbocycles. The smallest absolute Gasteiger partial charge is 0.0126 e. The summed E-state index contributed by atoms with van der Waals surface area (Å²) in [5, 5.41) is 0. The summed E-state index contributed by atoms with van der Waals surface area (Å²) in [5.41, 5.74) is 12.2. The lowest BCUT2D eigenvalue weighted by atomic mass is 9.71. The third kappa shape index (κ3) is 2.46. The predicted octanol–water partition coefficient (Wildman–Crippen LogP) is 1.63. The summed E-state index contributed by atoms with van der Waals surface area (Å²) in [5.74, 6) is 0.661. The molecule has 0 aliphatic heterocycles. The molecule has 12 heavy (non-hydrogen) atoms. The first-order valence-corrected chi connectivity index (χ1v) is 4.89. The minimum absolute atomic E-state index is 0.0174. The lowest BCUT2D eigenvalue weighted by molar-refractivity contribution is 0.185. The second-order valence-electron chi connectivity index (χ2n) is 5.25. The number of rotatable bonds is 1. The molecule has 0 saturated heterocycles. The summed E-state index contributed by atoms with van der Waals surface area (Å²) in [6.07, 6.45) is 4.63. The molecule has 1 aliphatic rings. The molecular formula is C10H22N2. The van der Waals surface area contributed by atoms with Crippen molar-refractivity contribution in [3.63, 3.8) is 0 Å². The van der Waals surface area contributed by atoms with E-state index in [9.17, 15) is 0 Å². The molecular weight excluding hydrogens is 148 g/mol. The molecule has 0 aromatic carbocycles. The van der Waals surface area contributed by atoms with Crippen LogP contribution >= 0.6 is 0 Å². The maximum Gasteiger partial charge on any atom is 0.0126 e. The third-order valence-corrected chi connectivity index (χ3v) is 3.18. The zero-order valence-corrected chi connectivity index (χ0v) is 8.56. The van der Waals surface area contributed by atoms with Crippen LogP contribution < -0.4 is 11.5 Å². The van der Waals surface area contributed by atoms with Crippen molar-refractivity contribution in [3.05, 3.63) is 0 Å². The maximum absolute atomic E-state index is 6.06. The van der Waals surface area contributed by atoms with E-state index in [-0.39, 0.29) is 11.1 Å². The van der Waals surface area contributed by atoms with Crippen LogP contribution in [0.4, 0.5) is 0 Å². The van der Waals surface area contributed by atoms with E-state index in [0.29, 0.717) is 5.92 Å². The van der Waals surface area contributed by atoms with E-state index in [1.165, 1.54) is 12.8 Å². The summed E-state index contributed by atoms with van der Waals surface area (Å²) in [6, 6.07) is 0. The lowest BCUT2D eigenvalue weighted by Crippen LogP contribution is -2.48. The minimum atomic E-state index is -0.0174. The minimum Gasteiger partial charge on any atom is -0.325 e. The van der Waals surface area contributed by atoms with Gasteiger partial charge in [-0.05, 0) is 52.4 Å². The molecule has 0 bridgehead atoms. The monoisotopic (exact) mass is 170 g/mol. The molecule has 1 rings (SSSR count). The molecule has 72 valence electrons. The van der Waals surface area contributed by atoms with Gasteiger partial charge in [0.2, 0.25) is 0 Å². The van der Waals surface area contributed by atoms with Crippen molar-refractivity contribution in [3.8, 4) is 0 Å². The molecule has 0 atom stereocenters. The van der Waals surface area contributed by atoms with Gasteiger partial charge in [-0.2, -0.15) is 0 Å². The topological polar surface area (TPSA) is 52.0 Å². The van der Waals surface area contributed by atoms with Gasteiger partial charge in [-0.3, -0.25) is 0 Å². The highest BCUT2D eigenvalue weighted by atomic mass is 14.8. The van der Waals surface area contributed by atoms with Crippen molar-refractivity contribution in [2.75, 3.05) is 0 Å². The van der Waals surface area contributed by atoms with E-state index in [2.05, 4.69) is 20.8 Å². The quantitative estimate of drug-likeness (QED) is 0.628. The summed E-state index contributed by atoms with van der Waals surface area (Å²) in [7, 11) is 0. The molecule has 0 aromatic rings. The fourth-order valence-corrected chi connectivity index (χ4v) is 2.02. The van der Waals surface area contributed by atoms with Gasteiger partial charge in [0.15, 0.2) is 0 Å². The Morgan fingerprint density at radius 2 is 1.67 bits per heavy atom. The first-order chi connectivity index (χ1) is 5.31. The number of hydrogen-bond donors (Lipinski definition) is 2. The highest BCUT2D eigenvalue weighted by molar-refractivity contribution is 4.92. The van der Waals surface area contributed by atoms with Gasteiger partial charge in [-0.15, -0.1) is 0 Å². The van der Waals surface area contributed by atoms with Crippen LogP contribution in [0.3, 0.4) is 0 Å². The Labute approximate surface area is 75.7 Å². The molecule has 0 radical (unpaired) electrons. The Balaban J connectivity index is 2.47. The standard InChI is InChI=1S/C10H22N2/c1-9(2,11)8-4-6-10(3,12)7-5-8/h8H,4-7,11-12H2,1-3H3. The van der Waals surface area contributed by atoms with Crippen molar-refractivity contribution in [1.82, 2.24) is 0 Å². The van der Waals surface area contributed by atoms with Crippen molar-refractivity contribution < 1.29 is 0 Å². The van der Waals surface area contributed by atoms with Crippen LogP contribution in [0.1, 0.15) is 46.5 Å². The van der Waals surface area contributed by atoms with Gasteiger partial charge in [0.1, 0.15) is 0 Å². The van der Waals surface area contributed by atoms with Gasteiger partial charge in [0, 0.05) is 11.1 Å². The van der Waals surface area contributed by atoms with Crippen molar-refractivity contribution in [1.29, 1.82) is 0 Å². The van der Waals surface area contributed by atoms with Gasteiger partial charge in [-0.1, -0.05) is 0 Å². The molecule has 0 amide bonds. The summed E-state index contributed by atoms with van der Waals surface area (Å²) in [6.45, 7) is 6.39. The fraction of sp³-hybridized carbons (Fsp3) is 1.00. The van der Waals surface area contributed by atoms with E-state index in [0.717, 1.165) is 12.8 Å². The zero-order chi connectivity index (χ0) is 9.41. The van der Waals surface area contributed by atoms with Crippen LogP contribution in [0.2, 0.25) is 0 Å². The van der Waals surface area contributed by atoms with Crippen LogP contribution in [0, 0.1) is 5.92 Å². The van der Waals surface area contributed by atoms with Crippen LogP contribution in [0.5, 0.6) is 0 Å². The molecule has 0 aromatic heterocycles. The second-order valence-corrected chi connectivity index (χ2v) is 5.25. The summed E-state index contributed by atoms with van der Waals surface area (Å²) in [4.78, 5) is 0. The fourth-order valence-electron chi connectivity index (χ4n) is 2.02. The lowest BCUT2D eigenvalue weighted by Gasteiger charge is -2.40. The van der Waals surface area contributed by atoms with E-state index in [1.54, 1.807) is 0 Å². The van der Waals surface area contributed by atoms with Crippen LogP contribution in [-0.2, 0) is 0 Å². The summed E-state index contributed by atoms with van der Waals surface area (Å²) >= 11 is 0. The van der Waals surface area contributed by atoms with E-state index < -0.39 is 0 Å². The molecule has 0 unspecified atom stereocenters. The highest BCUT2D eigenvalue weighted by Gasteiger charge is 2.33. The van der Waals surface area contributed by atoms with E-state index >= 15 is 0 Å². The summed E-state index contributed by atoms with van der Waals surface area (Å²) < 4.78 is 0. The molecule has 2 nitrogen and oxygen atoms in total. The predicted molar refractivity (Wildman–Crippen MR) is 52.8 cm³/mol. The number of nitrogens with two attached hydrogens (primary N) is 2. The largest absolute Gasteiger partial charge is 0.325 e. The van der Waals surface area contributed by atoms with Gasteiger partial charge in [-0.25, -0.2) is 0 Å². The SMILES string of the molecule is CC1(N)CCC(C(C)(C)N)CC1.